The number of hydrogen-bond donors (Lipinski definition) is 1. The lowest BCUT2D eigenvalue weighted by Crippen LogP contribution is -2.18. The molecule has 1 unspecified atom stereocenters. The van der Waals surface area contributed by atoms with Gasteiger partial charge in [0.25, 0.3) is 0 Å². The smallest absolute Gasteiger partial charge is 0.0921 e. The number of aliphatic hydroxyl groups is 1. The van der Waals surface area contributed by atoms with E-state index in [1.165, 1.54) is 94.1 Å². The van der Waals surface area contributed by atoms with Crippen LogP contribution in [0.15, 0.2) is 51.2 Å². The Balaban J connectivity index is 1.28. The molecule has 3 rings (SSSR count). The third-order valence-corrected chi connectivity index (χ3v) is 7.58. The highest BCUT2D eigenvalue weighted by atomic mass is 32.2. The molecule has 1 aliphatic carbocycles. The van der Waals surface area contributed by atoms with Gasteiger partial charge in [0.2, 0.25) is 0 Å². The second-order valence-electron chi connectivity index (χ2n) is 9.30. The van der Waals surface area contributed by atoms with Crippen LogP contribution in [0.2, 0.25) is 0 Å². The van der Waals surface area contributed by atoms with E-state index in [0.717, 1.165) is 22.8 Å². The number of benzene rings is 1. The summed E-state index contributed by atoms with van der Waals surface area (Å²) in [5.74, 6) is 0. The van der Waals surface area contributed by atoms with Crippen molar-refractivity contribution in [1.29, 1.82) is 0 Å². The van der Waals surface area contributed by atoms with Gasteiger partial charge in [0.1, 0.15) is 0 Å². The first kappa shape index (κ1) is 25.1. The summed E-state index contributed by atoms with van der Waals surface area (Å²) in [6, 6.07) is 6.55. The first-order valence-electron chi connectivity index (χ1n) is 12.9. The number of fused-ring (bicyclic) bond motifs is 2. The van der Waals surface area contributed by atoms with E-state index >= 15 is 0 Å². The Labute approximate surface area is 200 Å². The molecule has 0 aromatic heterocycles. The lowest BCUT2D eigenvalue weighted by molar-refractivity contribution is 0.271. The van der Waals surface area contributed by atoms with Crippen LogP contribution < -0.4 is 4.90 Å². The lowest BCUT2D eigenvalue weighted by Gasteiger charge is -2.23. The first-order valence-corrected chi connectivity index (χ1v) is 13.7. The third kappa shape index (κ3) is 8.12. The van der Waals surface area contributed by atoms with Crippen LogP contribution in [0.5, 0.6) is 0 Å². The van der Waals surface area contributed by atoms with Crippen LogP contribution in [0.4, 0.5) is 11.4 Å². The minimum Gasteiger partial charge on any atom is -0.385 e. The van der Waals surface area contributed by atoms with Crippen LogP contribution in [0.25, 0.3) is 0 Å². The summed E-state index contributed by atoms with van der Waals surface area (Å²) in [5.41, 5.74) is 3.24. The Morgan fingerprint density at radius 2 is 1.53 bits per heavy atom. The molecule has 1 heterocycles. The van der Waals surface area contributed by atoms with Crippen molar-refractivity contribution in [1.82, 2.24) is 0 Å². The van der Waals surface area contributed by atoms with E-state index in [2.05, 4.69) is 37.1 Å². The Morgan fingerprint density at radius 3 is 2.19 bits per heavy atom. The van der Waals surface area contributed by atoms with Gasteiger partial charge < -0.3 is 10.0 Å². The second kappa shape index (κ2) is 13.9. The maximum absolute atomic E-state index is 9.85. The Kier molecular flexibility index (Phi) is 10.9. The minimum atomic E-state index is -0.501. The molecule has 0 fully saturated rings. The van der Waals surface area contributed by atoms with Gasteiger partial charge in [-0.15, -0.1) is 0 Å². The Morgan fingerprint density at radius 1 is 0.906 bits per heavy atom. The highest BCUT2D eigenvalue weighted by Crippen LogP contribution is 2.43. The van der Waals surface area contributed by atoms with Crippen molar-refractivity contribution in [2.75, 3.05) is 18.5 Å². The topological polar surface area (TPSA) is 35.8 Å². The fourth-order valence-corrected chi connectivity index (χ4v) is 5.47. The van der Waals surface area contributed by atoms with Gasteiger partial charge >= 0.3 is 0 Å². The van der Waals surface area contributed by atoms with Crippen molar-refractivity contribution in [3.63, 3.8) is 0 Å². The van der Waals surface area contributed by atoms with Crippen LogP contribution in [-0.2, 0) is 0 Å². The number of anilines is 1. The molecule has 0 radical (unpaired) electrons. The monoisotopic (exact) mass is 454 g/mol. The normalized spacial score (nSPS) is 16.9. The minimum absolute atomic E-state index is 0.501. The van der Waals surface area contributed by atoms with Crippen molar-refractivity contribution in [2.24, 2.45) is 4.99 Å². The Bertz CT molecular complexity index is 799. The van der Waals surface area contributed by atoms with Gasteiger partial charge in [-0.2, -0.15) is 0 Å². The fourth-order valence-electron chi connectivity index (χ4n) is 4.40. The van der Waals surface area contributed by atoms with E-state index < -0.39 is 6.10 Å². The largest absolute Gasteiger partial charge is 0.385 e. The summed E-state index contributed by atoms with van der Waals surface area (Å²) < 4.78 is 0. The van der Waals surface area contributed by atoms with Crippen molar-refractivity contribution < 1.29 is 5.11 Å². The molecule has 2 aliphatic rings. The van der Waals surface area contributed by atoms with Gasteiger partial charge in [0, 0.05) is 29.1 Å². The summed E-state index contributed by atoms with van der Waals surface area (Å²) in [6.45, 7) is 3.38. The van der Waals surface area contributed by atoms with Crippen molar-refractivity contribution in [2.45, 2.75) is 101 Å². The molecule has 0 saturated carbocycles. The first-order chi connectivity index (χ1) is 15.7. The number of unbranched alkanes of at least 4 members (excludes halogenated alkanes) is 12. The van der Waals surface area contributed by atoms with E-state index in [1.807, 2.05) is 12.2 Å². The molecule has 1 aliphatic heterocycles. The number of thioether (sulfide) groups is 1. The van der Waals surface area contributed by atoms with E-state index in [1.54, 1.807) is 17.8 Å². The van der Waals surface area contributed by atoms with Crippen molar-refractivity contribution >= 4 is 28.8 Å². The van der Waals surface area contributed by atoms with Crippen LogP contribution in [0.3, 0.4) is 0 Å². The molecule has 1 N–H and O–H groups in total. The van der Waals surface area contributed by atoms with Gasteiger partial charge in [-0.05, 0) is 36.8 Å². The van der Waals surface area contributed by atoms with E-state index in [4.69, 9.17) is 4.99 Å². The van der Waals surface area contributed by atoms with E-state index in [9.17, 15) is 5.11 Å². The van der Waals surface area contributed by atoms with Crippen molar-refractivity contribution in [3.8, 4) is 0 Å². The number of allylic oxidation sites excluding steroid dienone is 2. The molecule has 0 spiro atoms. The van der Waals surface area contributed by atoms with Gasteiger partial charge in [0.15, 0.2) is 0 Å². The van der Waals surface area contributed by atoms with Gasteiger partial charge in [0.05, 0.1) is 17.5 Å². The summed E-state index contributed by atoms with van der Waals surface area (Å²) in [4.78, 5) is 9.35. The molecule has 176 valence electrons. The standard InChI is InChI=1S/C28H42N2OS/c1-3-4-5-6-7-8-9-10-11-12-13-14-15-20-30(2)23-16-18-25-27(21-23)32-28-22-24(31)17-19-26(28)29-25/h16-19,21-22,24,31H,3-15,20H2,1-2H3. The Hall–Kier alpha value is -1.52. The predicted octanol–water partition coefficient (Wildman–Crippen LogP) is 8.21. The average Bonchev–Trinajstić information content (AvgIpc) is 2.80. The molecular weight excluding hydrogens is 412 g/mol. The van der Waals surface area contributed by atoms with Gasteiger partial charge in [-0.3, -0.25) is 0 Å². The molecule has 1 aromatic rings. The summed E-state index contributed by atoms with van der Waals surface area (Å²) in [6.07, 6.45) is 23.2. The summed E-state index contributed by atoms with van der Waals surface area (Å²) in [5, 5.41) is 9.85. The summed E-state index contributed by atoms with van der Waals surface area (Å²) in [7, 11) is 2.19. The molecular formula is C28H42N2OS. The van der Waals surface area contributed by atoms with E-state index in [-0.39, 0.29) is 0 Å². The third-order valence-electron chi connectivity index (χ3n) is 6.47. The van der Waals surface area contributed by atoms with Crippen LogP contribution in [0, 0.1) is 0 Å². The second-order valence-corrected chi connectivity index (χ2v) is 10.4. The van der Waals surface area contributed by atoms with Crippen LogP contribution in [0.1, 0.15) is 90.4 Å². The lowest BCUT2D eigenvalue weighted by atomic mass is 10.0. The fraction of sp³-hybridized carbons (Fsp3) is 0.607. The maximum Gasteiger partial charge on any atom is 0.0921 e. The number of nitrogens with zero attached hydrogens (tertiary/aromatic N) is 2. The average molecular weight is 455 g/mol. The number of aliphatic imine (C=N–C) groups is 1. The quantitative estimate of drug-likeness (QED) is 0.271. The number of aliphatic hydroxyl groups excluding tert-OH is 1. The molecule has 4 heteroatoms. The molecule has 1 aromatic carbocycles. The van der Waals surface area contributed by atoms with Gasteiger partial charge in [-0.1, -0.05) is 102 Å². The maximum atomic E-state index is 9.85. The number of hydrogen-bond acceptors (Lipinski definition) is 4. The molecule has 1 atom stereocenters. The van der Waals surface area contributed by atoms with E-state index in [0.29, 0.717) is 0 Å². The summed E-state index contributed by atoms with van der Waals surface area (Å²) >= 11 is 1.72. The highest BCUT2D eigenvalue weighted by molar-refractivity contribution is 8.04. The zero-order valence-electron chi connectivity index (χ0n) is 20.2. The molecule has 0 amide bonds. The highest BCUT2D eigenvalue weighted by Gasteiger charge is 2.20. The van der Waals surface area contributed by atoms with Crippen LogP contribution in [-0.4, -0.2) is 30.5 Å². The zero-order valence-corrected chi connectivity index (χ0v) is 21.0. The molecule has 32 heavy (non-hydrogen) atoms. The molecule has 3 nitrogen and oxygen atoms in total. The van der Waals surface area contributed by atoms with Crippen LogP contribution >= 0.6 is 11.8 Å². The van der Waals surface area contributed by atoms with Gasteiger partial charge in [-0.25, -0.2) is 4.99 Å². The zero-order chi connectivity index (χ0) is 22.6. The molecule has 0 saturated heterocycles. The SMILES string of the molecule is CCCCCCCCCCCCCCCN(C)c1ccc2c(c1)SC1=CC(O)C=CC1=N2. The predicted molar refractivity (Wildman–Crippen MR) is 142 cm³/mol. The van der Waals surface area contributed by atoms with Crippen molar-refractivity contribution in [3.05, 3.63) is 41.3 Å². The number of rotatable bonds is 15. The molecule has 0 bridgehead atoms.